The molecule has 0 aromatic carbocycles. The minimum absolute atomic E-state index is 0.0274. The van der Waals surface area contributed by atoms with Crippen LogP contribution in [0, 0.1) is 0 Å². The second-order valence-corrected chi connectivity index (χ2v) is 4.95. The first-order chi connectivity index (χ1) is 9.06. The van der Waals surface area contributed by atoms with Crippen LogP contribution < -0.4 is 5.32 Å². The van der Waals surface area contributed by atoms with Crippen molar-refractivity contribution < 1.29 is 14.4 Å². The first-order valence-corrected chi connectivity index (χ1v) is 6.58. The van der Waals surface area contributed by atoms with Gasteiger partial charge in [-0.2, -0.15) is 0 Å². The monoisotopic (exact) mass is 268 g/mol. The molecule has 0 atom stereocenters. The zero-order valence-electron chi connectivity index (χ0n) is 11.2. The standard InChI is InChI=1S/C12H20N4O3/c1-10(17)15-4-6-16(7-5-15)12(19)9-14-3-2-13-11(18)8-14/h2-9H2,1H3,(H,13,18). The van der Waals surface area contributed by atoms with Crippen molar-refractivity contribution in [1.29, 1.82) is 0 Å². The summed E-state index contributed by atoms with van der Waals surface area (Å²) < 4.78 is 0. The Morgan fingerprint density at radius 2 is 1.74 bits per heavy atom. The number of amides is 3. The van der Waals surface area contributed by atoms with E-state index in [1.165, 1.54) is 0 Å². The largest absolute Gasteiger partial charge is 0.354 e. The molecule has 0 bridgehead atoms. The Balaban J connectivity index is 1.78. The highest BCUT2D eigenvalue weighted by Gasteiger charge is 2.25. The Morgan fingerprint density at radius 1 is 1.11 bits per heavy atom. The van der Waals surface area contributed by atoms with Gasteiger partial charge in [0.2, 0.25) is 17.7 Å². The van der Waals surface area contributed by atoms with Gasteiger partial charge in [-0.1, -0.05) is 0 Å². The van der Waals surface area contributed by atoms with Crippen LogP contribution in [0.4, 0.5) is 0 Å². The third kappa shape index (κ3) is 3.66. The molecule has 0 radical (unpaired) electrons. The molecule has 0 saturated carbocycles. The third-order valence-electron chi connectivity index (χ3n) is 3.55. The van der Waals surface area contributed by atoms with Crippen LogP contribution in [0.5, 0.6) is 0 Å². The lowest BCUT2D eigenvalue weighted by Crippen LogP contribution is -2.54. The fourth-order valence-corrected chi connectivity index (χ4v) is 2.39. The Kier molecular flexibility index (Phi) is 4.36. The lowest BCUT2D eigenvalue weighted by Gasteiger charge is -2.35. The zero-order chi connectivity index (χ0) is 13.8. The quantitative estimate of drug-likeness (QED) is 0.635. The maximum atomic E-state index is 12.1. The zero-order valence-corrected chi connectivity index (χ0v) is 11.2. The summed E-state index contributed by atoms with van der Waals surface area (Å²) >= 11 is 0. The first-order valence-electron chi connectivity index (χ1n) is 6.58. The van der Waals surface area contributed by atoms with E-state index in [-0.39, 0.29) is 24.3 Å². The highest BCUT2D eigenvalue weighted by atomic mass is 16.2. The van der Waals surface area contributed by atoms with Gasteiger partial charge in [-0.15, -0.1) is 0 Å². The summed E-state index contributed by atoms with van der Waals surface area (Å²) in [6, 6.07) is 0. The summed E-state index contributed by atoms with van der Waals surface area (Å²) in [6.07, 6.45) is 0. The van der Waals surface area contributed by atoms with Gasteiger partial charge in [-0.3, -0.25) is 19.3 Å². The summed E-state index contributed by atoms with van der Waals surface area (Å²) in [7, 11) is 0. The topological polar surface area (TPSA) is 73.0 Å². The smallest absolute Gasteiger partial charge is 0.236 e. The van der Waals surface area contributed by atoms with E-state index < -0.39 is 0 Å². The molecule has 0 aromatic rings. The van der Waals surface area contributed by atoms with Gasteiger partial charge < -0.3 is 15.1 Å². The maximum absolute atomic E-state index is 12.1. The average Bonchev–Trinajstić information content (AvgIpc) is 2.39. The fourth-order valence-electron chi connectivity index (χ4n) is 2.39. The van der Waals surface area contributed by atoms with E-state index in [1.54, 1.807) is 16.7 Å². The van der Waals surface area contributed by atoms with Crippen LogP contribution in [0.2, 0.25) is 0 Å². The molecule has 1 N–H and O–H groups in total. The van der Waals surface area contributed by atoms with E-state index >= 15 is 0 Å². The highest BCUT2D eigenvalue weighted by Crippen LogP contribution is 2.04. The molecule has 7 nitrogen and oxygen atoms in total. The molecule has 2 rings (SSSR count). The van der Waals surface area contributed by atoms with Crippen LogP contribution in [-0.4, -0.2) is 84.8 Å². The van der Waals surface area contributed by atoms with Crippen molar-refractivity contribution in [2.75, 3.05) is 52.4 Å². The third-order valence-corrected chi connectivity index (χ3v) is 3.55. The molecule has 0 spiro atoms. The van der Waals surface area contributed by atoms with Crippen LogP contribution in [0.3, 0.4) is 0 Å². The summed E-state index contributed by atoms with van der Waals surface area (Å²) in [5, 5.41) is 2.73. The van der Waals surface area contributed by atoms with Crippen LogP contribution in [0.15, 0.2) is 0 Å². The number of nitrogens with one attached hydrogen (secondary N) is 1. The first kappa shape index (κ1) is 13.8. The summed E-state index contributed by atoms with van der Waals surface area (Å²) in [5.74, 6) is 0.0677. The predicted octanol–water partition coefficient (Wildman–Crippen LogP) is -1.89. The SMILES string of the molecule is CC(=O)N1CCN(C(=O)CN2CCNC(=O)C2)CC1. The van der Waals surface area contributed by atoms with E-state index in [0.29, 0.717) is 45.8 Å². The van der Waals surface area contributed by atoms with Crippen molar-refractivity contribution in [3.63, 3.8) is 0 Å². The van der Waals surface area contributed by atoms with Gasteiger partial charge in [-0.05, 0) is 0 Å². The predicted molar refractivity (Wildman–Crippen MR) is 68.3 cm³/mol. The number of carbonyl (C=O) groups excluding carboxylic acids is 3. The Bertz CT molecular complexity index is 377. The van der Waals surface area contributed by atoms with Gasteiger partial charge in [0.05, 0.1) is 13.1 Å². The number of piperazine rings is 2. The molecule has 0 unspecified atom stereocenters. The van der Waals surface area contributed by atoms with E-state index in [9.17, 15) is 14.4 Å². The molecule has 2 aliphatic rings. The molecule has 7 heteroatoms. The molecule has 0 aromatic heterocycles. The van der Waals surface area contributed by atoms with E-state index in [2.05, 4.69) is 5.32 Å². The fraction of sp³-hybridized carbons (Fsp3) is 0.750. The molecule has 2 aliphatic heterocycles. The van der Waals surface area contributed by atoms with Crippen molar-refractivity contribution in [2.24, 2.45) is 0 Å². The average molecular weight is 268 g/mol. The number of hydrogen-bond acceptors (Lipinski definition) is 4. The Hall–Kier alpha value is -1.63. The summed E-state index contributed by atoms with van der Waals surface area (Å²) in [4.78, 5) is 39.9. The van der Waals surface area contributed by atoms with Gasteiger partial charge in [0.15, 0.2) is 0 Å². The molecular formula is C12H20N4O3. The van der Waals surface area contributed by atoms with Crippen molar-refractivity contribution in [1.82, 2.24) is 20.0 Å². The van der Waals surface area contributed by atoms with E-state index in [0.717, 1.165) is 0 Å². The van der Waals surface area contributed by atoms with Crippen molar-refractivity contribution >= 4 is 17.7 Å². The van der Waals surface area contributed by atoms with Crippen molar-refractivity contribution in [2.45, 2.75) is 6.92 Å². The minimum Gasteiger partial charge on any atom is -0.354 e. The maximum Gasteiger partial charge on any atom is 0.236 e. The number of rotatable bonds is 2. The van der Waals surface area contributed by atoms with Gasteiger partial charge in [0.1, 0.15) is 0 Å². The molecule has 2 saturated heterocycles. The lowest BCUT2D eigenvalue weighted by molar-refractivity contribution is -0.140. The molecule has 2 fully saturated rings. The number of nitrogens with zero attached hydrogens (tertiary/aromatic N) is 3. The Morgan fingerprint density at radius 3 is 2.32 bits per heavy atom. The van der Waals surface area contributed by atoms with Crippen LogP contribution in [-0.2, 0) is 14.4 Å². The van der Waals surface area contributed by atoms with Gasteiger partial charge >= 0.3 is 0 Å². The molecule has 19 heavy (non-hydrogen) atoms. The molecule has 0 aliphatic carbocycles. The summed E-state index contributed by atoms with van der Waals surface area (Å²) in [6.45, 7) is 5.80. The van der Waals surface area contributed by atoms with Gasteiger partial charge in [-0.25, -0.2) is 0 Å². The molecule has 2 heterocycles. The van der Waals surface area contributed by atoms with Gasteiger partial charge in [0, 0.05) is 46.2 Å². The lowest BCUT2D eigenvalue weighted by atomic mass is 10.3. The van der Waals surface area contributed by atoms with Gasteiger partial charge in [0.25, 0.3) is 0 Å². The normalized spacial score (nSPS) is 21.2. The molecular weight excluding hydrogens is 248 g/mol. The van der Waals surface area contributed by atoms with Crippen molar-refractivity contribution in [3.8, 4) is 0 Å². The number of hydrogen-bond donors (Lipinski definition) is 1. The summed E-state index contributed by atoms with van der Waals surface area (Å²) in [5.41, 5.74) is 0. The van der Waals surface area contributed by atoms with E-state index in [4.69, 9.17) is 0 Å². The van der Waals surface area contributed by atoms with Crippen molar-refractivity contribution in [3.05, 3.63) is 0 Å². The second kappa shape index (κ2) is 6.01. The van der Waals surface area contributed by atoms with Crippen LogP contribution in [0.25, 0.3) is 0 Å². The Labute approximate surface area is 112 Å². The minimum atomic E-state index is -0.0274. The molecule has 106 valence electrons. The highest BCUT2D eigenvalue weighted by molar-refractivity contribution is 5.82. The number of carbonyl (C=O) groups is 3. The molecule has 3 amide bonds. The van der Waals surface area contributed by atoms with E-state index in [1.807, 2.05) is 4.90 Å². The van der Waals surface area contributed by atoms with Crippen LogP contribution in [0.1, 0.15) is 6.92 Å². The van der Waals surface area contributed by atoms with Crippen LogP contribution >= 0.6 is 0 Å². The second-order valence-electron chi connectivity index (χ2n) is 4.95.